The van der Waals surface area contributed by atoms with Crippen molar-refractivity contribution in [3.8, 4) is 0 Å². The second kappa shape index (κ2) is 37.4. The van der Waals surface area contributed by atoms with E-state index in [9.17, 15) is 14.4 Å². The minimum Gasteiger partial charge on any atom is -0.462 e. The summed E-state index contributed by atoms with van der Waals surface area (Å²) in [4.78, 5) is 37.4. The first-order valence-corrected chi connectivity index (χ1v) is 20.0. The Labute approximate surface area is 295 Å². The third-order valence-electron chi connectivity index (χ3n) is 8.40. The summed E-state index contributed by atoms with van der Waals surface area (Å²) in [6, 6.07) is 0. The van der Waals surface area contributed by atoms with Crippen molar-refractivity contribution in [3.63, 3.8) is 0 Å². The number of hydrogen-bond donors (Lipinski definition) is 0. The summed E-state index contributed by atoms with van der Waals surface area (Å²) < 4.78 is 16.5. The van der Waals surface area contributed by atoms with Crippen LogP contribution in [0.5, 0.6) is 0 Å². The van der Waals surface area contributed by atoms with E-state index >= 15 is 0 Å². The van der Waals surface area contributed by atoms with Gasteiger partial charge in [0.25, 0.3) is 0 Å². The SMILES string of the molecule is CCCC/C=C\C=C/CCCCCC(=O)OCC(COC(=O)CCC/C=C\CCCCCC)OC(=O)CCCCCCCCCCCC. The van der Waals surface area contributed by atoms with Crippen LogP contribution in [0.3, 0.4) is 0 Å². The van der Waals surface area contributed by atoms with Crippen LogP contribution in [0.15, 0.2) is 36.5 Å². The summed E-state index contributed by atoms with van der Waals surface area (Å²) in [5, 5.41) is 0. The molecule has 0 heterocycles. The van der Waals surface area contributed by atoms with Crippen LogP contribution < -0.4 is 0 Å². The molecule has 6 nitrogen and oxygen atoms in total. The van der Waals surface area contributed by atoms with Crippen LogP contribution in [-0.2, 0) is 28.6 Å². The lowest BCUT2D eigenvalue weighted by atomic mass is 10.1. The Balaban J connectivity index is 4.45. The number of hydrogen-bond acceptors (Lipinski definition) is 6. The van der Waals surface area contributed by atoms with Crippen LogP contribution in [0.2, 0.25) is 0 Å². The van der Waals surface area contributed by atoms with E-state index in [2.05, 4.69) is 57.2 Å². The Morgan fingerprint density at radius 3 is 1.33 bits per heavy atom. The summed E-state index contributed by atoms with van der Waals surface area (Å²) in [5.41, 5.74) is 0. The standard InChI is InChI=1S/C42H74O6/c1-4-7-10-13-16-19-21-24-26-29-32-35-41(44)47-38-39(37-46-40(43)34-31-28-25-22-18-15-12-9-6-3)48-42(45)36-33-30-27-23-20-17-14-11-8-5-2/h13,16,19,21-22,25,39H,4-12,14-15,17-18,20,23-24,26-38H2,1-3H3/b16-13-,21-19-,25-22-. The molecule has 0 saturated carbocycles. The second-order valence-corrected chi connectivity index (χ2v) is 13.2. The number of carbonyl (C=O) groups excluding carboxylic acids is 3. The first-order valence-electron chi connectivity index (χ1n) is 20.0. The Hall–Kier alpha value is -2.37. The maximum absolute atomic E-state index is 12.6. The molecule has 0 rings (SSSR count). The number of allylic oxidation sites excluding steroid dienone is 6. The van der Waals surface area contributed by atoms with Gasteiger partial charge in [0.1, 0.15) is 13.2 Å². The van der Waals surface area contributed by atoms with E-state index in [-0.39, 0.29) is 31.1 Å². The largest absolute Gasteiger partial charge is 0.462 e. The summed E-state index contributed by atoms with van der Waals surface area (Å²) in [7, 11) is 0. The molecule has 0 saturated heterocycles. The van der Waals surface area contributed by atoms with Crippen LogP contribution in [0, 0.1) is 0 Å². The maximum atomic E-state index is 12.6. The molecule has 0 aliphatic carbocycles. The molecule has 6 heteroatoms. The highest BCUT2D eigenvalue weighted by molar-refractivity contribution is 5.71. The quantitative estimate of drug-likeness (QED) is 0.0219. The van der Waals surface area contributed by atoms with Crippen LogP contribution in [-0.4, -0.2) is 37.2 Å². The van der Waals surface area contributed by atoms with Crippen molar-refractivity contribution in [1.82, 2.24) is 0 Å². The van der Waals surface area contributed by atoms with Gasteiger partial charge in [0.05, 0.1) is 0 Å². The number of esters is 3. The smallest absolute Gasteiger partial charge is 0.306 e. The average Bonchev–Trinajstić information content (AvgIpc) is 3.08. The molecule has 0 amide bonds. The van der Waals surface area contributed by atoms with Crippen molar-refractivity contribution in [2.24, 2.45) is 0 Å². The minimum absolute atomic E-state index is 0.0935. The third-order valence-corrected chi connectivity index (χ3v) is 8.40. The molecular weight excluding hydrogens is 600 g/mol. The molecule has 0 fully saturated rings. The maximum Gasteiger partial charge on any atom is 0.306 e. The third kappa shape index (κ3) is 35.0. The number of rotatable bonds is 35. The Bertz CT molecular complexity index is 830. The van der Waals surface area contributed by atoms with Gasteiger partial charge in [-0.3, -0.25) is 14.4 Å². The molecule has 0 radical (unpaired) electrons. The van der Waals surface area contributed by atoms with Crippen molar-refractivity contribution < 1.29 is 28.6 Å². The highest BCUT2D eigenvalue weighted by atomic mass is 16.6. The van der Waals surface area contributed by atoms with Crippen molar-refractivity contribution >= 4 is 17.9 Å². The molecule has 0 spiro atoms. The normalized spacial score (nSPS) is 12.3. The highest BCUT2D eigenvalue weighted by Gasteiger charge is 2.19. The molecule has 48 heavy (non-hydrogen) atoms. The monoisotopic (exact) mass is 675 g/mol. The molecule has 0 bridgehead atoms. The second-order valence-electron chi connectivity index (χ2n) is 13.2. The van der Waals surface area contributed by atoms with E-state index < -0.39 is 6.10 Å². The Morgan fingerprint density at radius 2 is 0.792 bits per heavy atom. The molecule has 278 valence electrons. The van der Waals surface area contributed by atoms with E-state index in [0.717, 1.165) is 64.2 Å². The first-order chi connectivity index (χ1) is 23.5. The van der Waals surface area contributed by atoms with Crippen molar-refractivity contribution in [2.45, 2.75) is 200 Å². The first kappa shape index (κ1) is 45.6. The lowest BCUT2D eigenvalue weighted by Crippen LogP contribution is -2.30. The molecule has 0 aromatic heterocycles. The van der Waals surface area contributed by atoms with Crippen molar-refractivity contribution in [1.29, 1.82) is 0 Å². The fraction of sp³-hybridized carbons (Fsp3) is 0.786. The van der Waals surface area contributed by atoms with E-state index in [0.29, 0.717) is 25.7 Å². The zero-order chi connectivity index (χ0) is 35.2. The van der Waals surface area contributed by atoms with Crippen LogP contribution in [0.25, 0.3) is 0 Å². The van der Waals surface area contributed by atoms with Gasteiger partial charge in [-0.05, 0) is 57.8 Å². The van der Waals surface area contributed by atoms with Gasteiger partial charge >= 0.3 is 17.9 Å². The van der Waals surface area contributed by atoms with Crippen LogP contribution >= 0.6 is 0 Å². The average molecular weight is 675 g/mol. The van der Waals surface area contributed by atoms with Gasteiger partial charge in [0, 0.05) is 19.3 Å². The zero-order valence-electron chi connectivity index (χ0n) is 31.5. The number of unbranched alkanes of at least 4 members (excludes halogenated alkanes) is 19. The van der Waals surface area contributed by atoms with E-state index in [1.165, 1.54) is 83.5 Å². The molecule has 0 N–H and O–H groups in total. The Morgan fingerprint density at radius 1 is 0.417 bits per heavy atom. The summed E-state index contributed by atoms with van der Waals surface area (Å²) in [6.45, 7) is 6.46. The topological polar surface area (TPSA) is 78.9 Å². The fourth-order valence-corrected chi connectivity index (χ4v) is 5.30. The van der Waals surface area contributed by atoms with Gasteiger partial charge < -0.3 is 14.2 Å². The minimum atomic E-state index is -0.785. The van der Waals surface area contributed by atoms with Crippen molar-refractivity contribution in [3.05, 3.63) is 36.5 Å². The molecule has 1 unspecified atom stereocenters. The molecule has 0 aliphatic heterocycles. The predicted octanol–water partition coefficient (Wildman–Crippen LogP) is 12.2. The summed E-state index contributed by atoms with van der Waals surface area (Å²) in [6.07, 6.45) is 39.9. The zero-order valence-corrected chi connectivity index (χ0v) is 31.5. The van der Waals surface area contributed by atoms with Gasteiger partial charge in [-0.2, -0.15) is 0 Å². The van der Waals surface area contributed by atoms with Gasteiger partial charge in [-0.25, -0.2) is 0 Å². The van der Waals surface area contributed by atoms with Gasteiger partial charge in [0.15, 0.2) is 6.10 Å². The molecule has 1 atom stereocenters. The lowest BCUT2D eigenvalue weighted by molar-refractivity contribution is -0.167. The van der Waals surface area contributed by atoms with Gasteiger partial charge in [-0.1, -0.05) is 154 Å². The summed E-state index contributed by atoms with van der Waals surface area (Å²) >= 11 is 0. The number of ether oxygens (including phenoxy) is 3. The van der Waals surface area contributed by atoms with E-state index in [1.54, 1.807) is 0 Å². The Kier molecular flexibility index (Phi) is 35.6. The number of carbonyl (C=O) groups is 3. The highest BCUT2D eigenvalue weighted by Crippen LogP contribution is 2.13. The molecule has 0 aromatic carbocycles. The fourth-order valence-electron chi connectivity index (χ4n) is 5.30. The van der Waals surface area contributed by atoms with Crippen LogP contribution in [0.1, 0.15) is 194 Å². The van der Waals surface area contributed by atoms with Crippen LogP contribution in [0.4, 0.5) is 0 Å². The van der Waals surface area contributed by atoms with E-state index in [1.807, 2.05) is 0 Å². The van der Waals surface area contributed by atoms with Crippen molar-refractivity contribution in [2.75, 3.05) is 13.2 Å². The lowest BCUT2D eigenvalue weighted by Gasteiger charge is -2.18. The van der Waals surface area contributed by atoms with Gasteiger partial charge in [0.2, 0.25) is 0 Å². The predicted molar refractivity (Wildman–Crippen MR) is 201 cm³/mol. The molecule has 0 aliphatic rings. The molecule has 0 aromatic rings. The molecular formula is C42H74O6. The van der Waals surface area contributed by atoms with E-state index in [4.69, 9.17) is 14.2 Å². The summed E-state index contributed by atoms with van der Waals surface area (Å²) in [5.74, 6) is -0.962. The van der Waals surface area contributed by atoms with Gasteiger partial charge in [-0.15, -0.1) is 0 Å².